The van der Waals surface area contributed by atoms with Crippen molar-refractivity contribution in [2.75, 3.05) is 57.0 Å². The quantitative estimate of drug-likeness (QED) is 0.0103. The summed E-state index contributed by atoms with van der Waals surface area (Å²) >= 11 is 39.1. The van der Waals surface area contributed by atoms with Gasteiger partial charge < -0.3 is 68.3 Å². The Balaban J connectivity index is 0.000000277. The van der Waals surface area contributed by atoms with Crippen molar-refractivity contribution in [2.24, 2.45) is 0 Å². The second-order valence-corrected chi connectivity index (χ2v) is 48.5. The molecule has 0 spiro atoms. The number of benzene rings is 2. The SMILES string of the molecule is C.C.C1COCCO1.CC(C)(C)OC(=O)Nc1cc2c(s1)CCC2.CC1(C)OC(=O)C(=CNc2cc3c(s2)CCC3)C(=O)O1.CC1(C)OC(=O)CC(=O)O1.COC(=O)CS.COC(=O)c1cc2c(s1)CCC2.Clc1ccnc2sc3c(c12)CCC3.O=C(O)c1cc2c(s1)CCC2.O=C1CCCC1.O=CC1=C(Cl)CCC1.O=P(Cl)(Cl)Cl.O=c1cc[nH]c2sc3c(c12)CCC3.[Li+].[OH-].c1ccc(Oc2ccccc2)cc1. The van der Waals surface area contributed by atoms with Gasteiger partial charge in [0.25, 0.3) is 11.6 Å². The number of thiophene rings is 6. The number of hydrogen-bond acceptors (Lipinski definition) is 32. The molecule has 774 valence electrons. The van der Waals surface area contributed by atoms with Crippen molar-refractivity contribution < 1.29 is 129 Å². The Morgan fingerprint density at radius 2 is 1.01 bits per heavy atom. The van der Waals surface area contributed by atoms with Crippen LogP contribution in [0.25, 0.3) is 20.4 Å². The maximum absolute atomic E-state index is 11.8. The maximum Gasteiger partial charge on any atom is 1.00 e. The second kappa shape index (κ2) is 62.1. The fourth-order valence-electron chi connectivity index (χ4n) is 15.1. The number of nitrogens with one attached hydrogen (secondary N) is 3. The first-order chi connectivity index (χ1) is 66.2. The average Bonchev–Trinajstić information content (AvgIpc) is 1.63. The molecule has 1 amide bonds. The molecule has 10 aromatic rings. The molecule has 11 heterocycles. The number of nitrogens with zero attached hydrogens (tertiary/aromatic N) is 1. The molecule has 5 N–H and O–H groups in total. The molecule has 0 bridgehead atoms. The number of fused-ring (bicyclic) bond motifs is 10. The Morgan fingerprint density at radius 1 is 0.559 bits per heavy atom. The molecule has 143 heavy (non-hydrogen) atoms. The molecule has 3 saturated heterocycles. The maximum atomic E-state index is 11.8. The van der Waals surface area contributed by atoms with Crippen molar-refractivity contribution in [3.8, 4) is 11.5 Å². The molecule has 1 saturated carbocycles. The van der Waals surface area contributed by atoms with Crippen molar-refractivity contribution in [2.45, 2.75) is 247 Å². The number of aldehydes is 1. The van der Waals surface area contributed by atoms with Gasteiger partial charge in [-0.2, -0.15) is 12.6 Å². The number of aromatic carboxylic acids is 1. The summed E-state index contributed by atoms with van der Waals surface area (Å²) in [5.41, 5.74) is 8.52. The van der Waals surface area contributed by atoms with E-state index in [4.69, 9.17) is 56.7 Å². The van der Waals surface area contributed by atoms with Crippen LogP contribution < -0.4 is 39.7 Å². The summed E-state index contributed by atoms with van der Waals surface area (Å²) in [6.45, 7) is 14.8. The predicted octanol–water partition coefficient (Wildman–Crippen LogP) is 23.1. The first-order valence-electron chi connectivity index (χ1n) is 45.1. The van der Waals surface area contributed by atoms with E-state index < -0.39 is 52.2 Å². The second-order valence-electron chi connectivity index (χ2n) is 33.9. The van der Waals surface area contributed by atoms with E-state index in [1.165, 1.54) is 179 Å². The standard InChI is InChI=1S/C14H15NO4S.C12H17NO2S.C12H10O.C10H8ClNS.C10H9NOS.C9H10O2S.C8H8O2S.C6H7ClO.C6H8O4.C5H8O.C4H8O2.C3H6O2S.2CH4.Cl3OP.Li.H2O/c1-14(2)18-12(16)9(13(17)19-14)7-15-11-6-8-4-3-5-10(8)20-11;1-12(2,3)15-11(14)13-10-7-8-5-4-6-9(8)16-10;1-3-7-11(8-4-1)13-12-9-5-2-6-10-12;11-7-4-5-12-10-9(7)6-2-1-3-8(6)13-10;12-7-4-5-11-10-9(7)6-2-1-3-8(6)13-10;1-11-9(10)8-5-6-3-2-4-7(6)12-8;9-8(10)7-4-5-2-1-3-6(5)11-7;7-6-3-1-2-5(6)4-8;1-6(2)9-4(7)3-5(8)10-6;6-5-3-1-2-4-5;1-2-6-4-3-5-1;1-5-3(4)2-6;;;1-5(2,3)4;;/h6-7,15H,3-5H2,1-2H3;7H,4-6H2,1-3H3,(H,13,14);1-10H;4-5H,1-3H2;4-5H,1-3H2,(H,11,12);5H,2-4H2,1H3;4H,1-3H2,(H,9,10);4H,1-3H2;3H2,1-2H3;2*1-4H2;6H,2H2,1H3;2*1H4;;;1H2/q;;;;;;;;;;;;;;;+1;/p-1. The van der Waals surface area contributed by atoms with Crippen LogP contribution in [-0.4, -0.2) is 144 Å². The van der Waals surface area contributed by atoms with Crippen LogP contribution in [0.5, 0.6) is 11.5 Å². The third kappa shape index (κ3) is 42.9. The van der Waals surface area contributed by atoms with Crippen LogP contribution in [0, 0.1) is 0 Å². The number of carbonyl (C=O) groups is 10. The zero-order valence-corrected chi connectivity index (χ0v) is 90.5. The first-order valence-corrected chi connectivity index (χ1v) is 55.9. The summed E-state index contributed by atoms with van der Waals surface area (Å²) in [5, 5.41) is 16.8. The summed E-state index contributed by atoms with van der Waals surface area (Å²) in [5.74, 6) is -3.58. The van der Waals surface area contributed by atoms with E-state index in [1.54, 1.807) is 75.1 Å². The van der Waals surface area contributed by atoms with Gasteiger partial charge in [-0.25, -0.2) is 29.0 Å². The van der Waals surface area contributed by atoms with Gasteiger partial charge in [0.1, 0.15) is 55.0 Å². The smallest absolute Gasteiger partial charge is 0.870 e. The number of esters is 6. The fourth-order valence-corrected chi connectivity index (χ4v) is 22.9. The molecule has 42 heteroatoms. The van der Waals surface area contributed by atoms with Crippen LogP contribution in [0.2, 0.25) is 5.02 Å². The summed E-state index contributed by atoms with van der Waals surface area (Å²) < 4.78 is 58.4. The van der Waals surface area contributed by atoms with E-state index in [2.05, 4.69) is 98.0 Å². The van der Waals surface area contributed by atoms with Gasteiger partial charge in [-0.3, -0.25) is 38.6 Å². The molecule has 4 fully saturated rings. The van der Waals surface area contributed by atoms with Gasteiger partial charge in [0.05, 0.1) is 66.8 Å². The number of aromatic amines is 1. The molecule has 8 aromatic heterocycles. The summed E-state index contributed by atoms with van der Waals surface area (Å²) in [6, 6.07) is 30.9. The number of carboxylic acids is 1. The molecule has 3 aliphatic heterocycles. The van der Waals surface area contributed by atoms with Crippen molar-refractivity contribution in [1.82, 2.24) is 9.97 Å². The van der Waals surface area contributed by atoms with Crippen LogP contribution >= 0.6 is 143 Å². The van der Waals surface area contributed by atoms with E-state index in [0.29, 0.717) is 10.7 Å². The van der Waals surface area contributed by atoms with E-state index >= 15 is 0 Å². The number of para-hydroxylation sites is 2. The normalized spacial score (nSPS) is 15.9. The van der Waals surface area contributed by atoms with E-state index in [9.17, 15) is 57.3 Å². The molecule has 21 rings (SSSR count). The summed E-state index contributed by atoms with van der Waals surface area (Å²) in [6.07, 6.45) is 32.8. The number of aryl methyl sites for hydroxylation is 12. The molecule has 8 aliphatic carbocycles. The number of hydrogen-bond donors (Lipinski definition) is 5. The van der Waals surface area contributed by atoms with Crippen LogP contribution in [0.4, 0.5) is 14.8 Å². The van der Waals surface area contributed by atoms with Crippen LogP contribution in [0.1, 0.15) is 235 Å². The Morgan fingerprint density at radius 3 is 1.43 bits per heavy atom. The number of ether oxygens (including phenoxy) is 10. The number of allylic oxidation sites excluding steroid dienone is 2. The van der Waals surface area contributed by atoms with E-state index in [0.717, 1.165) is 199 Å². The number of anilines is 2. The van der Waals surface area contributed by atoms with Crippen molar-refractivity contribution in [3.05, 3.63) is 219 Å². The van der Waals surface area contributed by atoms with Crippen LogP contribution in [0.15, 0.2) is 137 Å². The zero-order valence-electron chi connectivity index (χ0n) is 80.0. The van der Waals surface area contributed by atoms with Gasteiger partial charge >= 0.3 is 71.9 Å². The number of aromatic nitrogens is 2. The van der Waals surface area contributed by atoms with Crippen LogP contribution in [-0.2, 0) is 158 Å². The zero-order chi connectivity index (χ0) is 101. The number of ketones is 1. The van der Waals surface area contributed by atoms with Gasteiger partial charge in [0, 0.05) is 110 Å². The number of H-pyrrole nitrogens is 1. The molecule has 0 radical (unpaired) electrons. The van der Waals surface area contributed by atoms with Crippen molar-refractivity contribution in [1.29, 1.82) is 0 Å². The predicted molar refractivity (Wildman–Crippen MR) is 571 cm³/mol. The molecular weight excluding hydrogens is 2090 g/mol. The Bertz CT molecular complexity index is 5850. The van der Waals surface area contributed by atoms with Gasteiger partial charge in [-0.15, -0.1) is 68.0 Å². The minimum absolute atomic E-state index is 0. The van der Waals surface area contributed by atoms with Crippen molar-refractivity contribution in [3.63, 3.8) is 0 Å². The summed E-state index contributed by atoms with van der Waals surface area (Å²) in [4.78, 5) is 139. The average molecular weight is 2220 g/mol. The van der Waals surface area contributed by atoms with Gasteiger partial charge in [-0.1, -0.05) is 74.5 Å². The fraction of sp³-hybridized carbons (Fsp3) is 0.446. The number of amides is 1. The van der Waals surface area contributed by atoms with Crippen molar-refractivity contribution >= 4 is 233 Å². The third-order valence-electron chi connectivity index (χ3n) is 21.2. The van der Waals surface area contributed by atoms with Gasteiger partial charge in [0.15, 0.2) is 11.0 Å². The number of halogens is 5. The van der Waals surface area contributed by atoms with E-state index in [-0.39, 0.29) is 80.4 Å². The molecular formula is C101H123Cl5LiN4O24PS7. The number of rotatable bonds is 9. The topological polar surface area (TPSA) is 400 Å². The molecule has 11 aliphatic rings. The Kier molecular flexibility index (Phi) is 54.4. The molecule has 28 nitrogen and oxygen atoms in total. The number of thiol groups is 1. The minimum atomic E-state index is -3.22. The van der Waals surface area contributed by atoms with E-state index in [1.807, 2.05) is 99.6 Å². The number of Topliss-reactive ketones (excluding diaryl/α,β-unsaturated/α-hetero) is 1. The molecule has 0 atom stereocenters. The summed E-state index contributed by atoms with van der Waals surface area (Å²) in [7, 11) is 2.76. The third-order valence-corrected chi connectivity index (χ3v) is 29.4. The number of pyridine rings is 2. The number of cyclic esters (lactones) is 4. The molecule has 0 unspecified atom stereocenters. The number of carboxylic acid groups (broad SMARTS) is 1. The van der Waals surface area contributed by atoms with Crippen LogP contribution in [0.3, 0.4) is 0 Å². The largest absolute Gasteiger partial charge is 1.00 e. The number of carbonyl (C=O) groups excluding carboxylic acids is 9. The molecule has 2 aromatic carbocycles. The minimum Gasteiger partial charge on any atom is -0.870 e. The monoisotopic (exact) mass is 2210 g/mol. The van der Waals surface area contributed by atoms with Gasteiger partial charge in [-0.05, 0) is 290 Å². The Labute approximate surface area is 900 Å². The first kappa shape index (κ1) is 125. The number of methoxy groups -OCH3 is 2. The van der Waals surface area contributed by atoms with Gasteiger partial charge in [0.2, 0.25) is 0 Å². The Hall–Kier alpha value is -8.25.